The molecule has 0 saturated carbocycles. The highest BCUT2D eigenvalue weighted by Gasteiger charge is 2.23. The molecule has 2 aromatic carbocycles. The van der Waals surface area contributed by atoms with E-state index in [1.807, 2.05) is 24.3 Å². The summed E-state index contributed by atoms with van der Waals surface area (Å²) in [6.45, 7) is 1.17. The molecule has 0 spiro atoms. The van der Waals surface area contributed by atoms with Gasteiger partial charge in [-0.15, -0.1) is 11.8 Å². The van der Waals surface area contributed by atoms with Crippen molar-refractivity contribution in [2.24, 2.45) is 0 Å². The van der Waals surface area contributed by atoms with Gasteiger partial charge in [-0.25, -0.2) is 4.39 Å². The van der Waals surface area contributed by atoms with Crippen molar-refractivity contribution in [3.05, 3.63) is 59.9 Å². The standard InChI is InChI=1S/C17H16FNO2S/c18-13-5-7-14(8-6-13)22-11-17(20)19-9-12-10-21-16-4-2-1-3-15(12)16/h1-8,12H,9-11H2,(H,19,20)/t12-/m0/s1. The molecule has 1 aliphatic rings. The van der Waals surface area contributed by atoms with E-state index in [1.54, 1.807) is 12.1 Å². The van der Waals surface area contributed by atoms with Gasteiger partial charge in [0.15, 0.2) is 0 Å². The van der Waals surface area contributed by atoms with Crippen molar-refractivity contribution in [2.75, 3.05) is 18.9 Å². The Morgan fingerprint density at radius 3 is 2.82 bits per heavy atom. The summed E-state index contributed by atoms with van der Waals surface area (Å²) >= 11 is 1.40. The highest BCUT2D eigenvalue weighted by molar-refractivity contribution is 8.00. The minimum absolute atomic E-state index is 0.0290. The number of hydrogen-bond acceptors (Lipinski definition) is 3. The van der Waals surface area contributed by atoms with Crippen LogP contribution in [0.3, 0.4) is 0 Å². The summed E-state index contributed by atoms with van der Waals surface area (Å²) in [5.41, 5.74) is 1.15. The number of nitrogens with one attached hydrogen (secondary N) is 1. The minimum Gasteiger partial charge on any atom is -0.493 e. The third-order valence-electron chi connectivity index (χ3n) is 3.53. The lowest BCUT2D eigenvalue weighted by molar-refractivity contribution is -0.118. The van der Waals surface area contributed by atoms with E-state index in [9.17, 15) is 9.18 Å². The van der Waals surface area contributed by atoms with Crippen LogP contribution in [-0.4, -0.2) is 24.8 Å². The Morgan fingerprint density at radius 2 is 2.00 bits per heavy atom. The van der Waals surface area contributed by atoms with E-state index in [-0.39, 0.29) is 17.6 Å². The maximum Gasteiger partial charge on any atom is 0.230 e. The number of hydrogen-bond donors (Lipinski definition) is 1. The molecule has 0 fully saturated rings. The third-order valence-corrected chi connectivity index (χ3v) is 4.54. The minimum atomic E-state index is -0.270. The molecule has 0 aliphatic carbocycles. The molecule has 1 heterocycles. The van der Waals surface area contributed by atoms with Gasteiger partial charge in [0.1, 0.15) is 11.6 Å². The van der Waals surface area contributed by atoms with Gasteiger partial charge >= 0.3 is 0 Å². The van der Waals surface area contributed by atoms with Gasteiger partial charge in [0.25, 0.3) is 0 Å². The quantitative estimate of drug-likeness (QED) is 0.861. The predicted molar refractivity (Wildman–Crippen MR) is 84.8 cm³/mol. The number of carbonyl (C=O) groups is 1. The van der Waals surface area contributed by atoms with Gasteiger partial charge in [-0.3, -0.25) is 4.79 Å². The Kier molecular flexibility index (Phi) is 4.63. The molecule has 1 aliphatic heterocycles. The smallest absolute Gasteiger partial charge is 0.230 e. The van der Waals surface area contributed by atoms with E-state index in [0.29, 0.717) is 18.9 Å². The number of amides is 1. The predicted octanol–water partition coefficient (Wildman–Crippen LogP) is 3.21. The van der Waals surface area contributed by atoms with Gasteiger partial charge in [0, 0.05) is 22.9 Å². The van der Waals surface area contributed by atoms with Crippen LogP contribution in [0, 0.1) is 5.82 Å². The van der Waals surface area contributed by atoms with Crippen LogP contribution in [0.25, 0.3) is 0 Å². The topological polar surface area (TPSA) is 38.3 Å². The molecular formula is C17H16FNO2S. The van der Waals surface area contributed by atoms with Gasteiger partial charge in [-0.1, -0.05) is 18.2 Å². The SMILES string of the molecule is O=C(CSc1ccc(F)cc1)NC[C@H]1COc2ccccc21. The van der Waals surface area contributed by atoms with Crippen LogP contribution in [0.2, 0.25) is 0 Å². The number of rotatable bonds is 5. The van der Waals surface area contributed by atoms with Gasteiger partial charge in [0.05, 0.1) is 12.4 Å². The van der Waals surface area contributed by atoms with E-state index < -0.39 is 0 Å². The fraction of sp³-hybridized carbons (Fsp3) is 0.235. The number of halogens is 1. The van der Waals surface area contributed by atoms with Gasteiger partial charge in [-0.2, -0.15) is 0 Å². The van der Waals surface area contributed by atoms with Crippen LogP contribution < -0.4 is 10.1 Å². The molecule has 1 N–H and O–H groups in total. The highest BCUT2D eigenvalue weighted by Crippen LogP contribution is 2.32. The van der Waals surface area contributed by atoms with Gasteiger partial charge in [-0.05, 0) is 30.3 Å². The summed E-state index contributed by atoms with van der Waals surface area (Å²) in [4.78, 5) is 12.8. The molecule has 1 amide bonds. The second kappa shape index (κ2) is 6.83. The number of para-hydroxylation sites is 1. The summed E-state index contributed by atoms with van der Waals surface area (Å²) in [6, 6.07) is 14.0. The van der Waals surface area contributed by atoms with Gasteiger partial charge in [0.2, 0.25) is 5.91 Å². The number of ether oxygens (including phenoxy) is 1. The van der Waals surface area contributed by atoms with Crippen LogP contribution in [0.1, 0.15) is 11.5 Å². The Bertz CT molecular complexity index is 660. The molecule has 2 aromatic rings. The second-order valence-corrected chi connectivity index (χ2v) is 6.14. The van der Waals surface area contributed by atoms with Crippen molar-refractivity contribution < 1.29 is 13.9 Å². The number of benzene rings is 2. The molecule has 3 rings (SSSR count). The maximum atomic E-state index is 12.8. The fourth-order valence-electron chi connectivity index (χ4n) is 2.37. The van der Waals surface area contributed by atoms with E-state index in [0.717, 1.165) is 16.2 Å². The molecular weight excluding hydrogens is 301 g/mol. The number of fused-ring (bicyclic) bond motifs is 1. The molecule has 0 saturated heterocycles. The first-order valence-corrected chi connectivity index (χ1v) is 8.08. The largest absolute Gasteiger partial charge is 0.493 e. The molecule has 3 nitrogen and oxygen atoms in total. The van der Waals surface area contributed by atoms with Crippen molar-refractivity contribution in [2.45, 2.75) is 10.8 Å². The Balaban J connectivity index is 1.46. The van der Waals surface area contributed by atoms with Crippen LogP contribution in [-0.2, 0) is 4.79 Å². The average molecular weight is 317 g/mol. The summed E-state index contributed by atoms with van der Waals surface area (Å²) in [5.74, 6) is 1.13. The summed E-state index contributed by atoms with van der Waals surface area (Å²) in [7, 11) is 0. The molecule has 0 unspecified atom stereocenters. The molecule has 0 radical (unpaired) electrons. The van der Waals surface area contributed by atoms with Crippen molar-refractivity contribution in [3.8, 4) is 5.75 Å². The molecule has 0 bridgehead atoms. The zero-order valence-electron chi connectivity index (χ0n) is 11.9. The summed E-state index contributed by atoms with van der Waals surface area (Å²) in [5, 5.41) is 2.93. The lowest BCUT2D eigenvalue weighted by Gasteiger charge is -2.10. The third kappa shape index (κ3) is 3.60. The lowest BCUT2D eigenvalue weighted by Crippen LogP contribution is -2.30. The normalized spacial score (nSPS) is 16.0. The number of thioether (sulfide) groups is 1. The average Bonchev–Trinajstić information content (AvgIpc) is 2.96. The van der Waals surface area contributed by atoms with Crippen molar-refractivity contribution >= 4 is 17.7 Å². The van der Waals surface area contributed by atoms with Crippen molar-refractivity contribution in [1.82, 2.24) is 5.32 Å². The maximum absolute atomic E-state index is 12.8. The van der Waals surface area contributed by atoms with Crippen LogP contribution in [0.15, 0.2) is 53.4 Å². The first-order chi connectivity index (χ1) is 10.7. The second-order valence-electron chi connectivity index (χ2n) is 5.09. The van der Waals surface area contributed by atoms with Crippen LogP contribution >= 0.6 is 11.8 Å². The molecule has 22 heavy (non-hydrogen) atoms. The van der Waals surface area contributed by atoms with E-state index in [2.05, 4.69) is 5.32 Å². The number of carbonyl (C=O) groups excluding carboxylic acids is 1. The van der Waals surface area contributed by atoms with Crippen molar-refractivity contribution in [1.29, 1.82) is 0 Å². The first-order valence-electron chi connectivity index (χ1n) is 7.09. The van der Waals surface area contributed by atoms with E-state index in [1.165, 1.54) is 23.9 Å². The monoisotopic (exact) mass is 317 g/mol. The Hall–Kier alpha value is -2.01. The van der Waals surface area contributed by atoms with Crippen LogP contribution in [0.5, 0.6) is 5.75 Å². The zero-order valence-corrected chi connectivity index (χ0v) is 12.7. The first kappa shape index (κ1) is 14.9. The van der Waals surface area contributed by atoms with Crippen molar-refractivity contribution in [3.63, 3.8) is 0 Å². The van der Waals surface area contributed by atoms with Crippen LogP contribution in [0.4, 0.5) is 4.39 Å². The zero-order chi connectivity index (χ0) is 15.4. The highest BCUT2D eigenvalue weighted by atomic mass is 32.2. The molecule has 5 heteroatoms. The molecule has 1 atom stereocenters. The molecule has 114 valence electrons. The summed E-state index contributed by atoms with van der Waals surface area (Å²) in [6.07, 6.45) is 0. The van der Waals surface area contributed by atoms with E-state index in [4.69, 9.17) is 4.74 Å². The van der Waals surface area contributed by atoms with Gasteiger partial charge < -0.3 is 10.1 Å². The van der Waals surface area contributed by atoms with E-state index >= 15 is 0 Å². The fourth-order valence-corrected chi connectivity index (χ4v) is 3.09. The Labute approximate surface area is 132 Å². The lowest BCUT2D eigenvalue weighted by atomic mass is 10.0. The Morgan fingerprint density at radius 1 is 1.23 bits per heavy atom. The summed E-state index contributed by atoms with van der Waals surface area (Å²) < 4.78 is 18.4. The molecule has 0 aromatic heterocycles.